The molecule has 3 aromatic rings. The molecule has 1 saturated heterocycles. The van der Waals surface area contributed by atoms with E-state index in [1.165, 1.54) is 4.57 Å². The van der Waals surface area contributed by atoms with Crippen LogP contribution < -0.4 is 10.3 Å². The quantitative estimate of drug-likeness (QED) is 0.490. The van der Waals surface area contributed by atoms with E-state index in [1.54, 1.807) is 39.0 Å². The Morgan fingerprint density at radius 3 is 2.65 bits per heavy atom. The number of piperazine rings is 1. The summed E-state index contributed by atoms with van der Waals surface area (Å²) in [7, 11) is 0. The van der Waals surface area contributed by atoms with Crippen LogP contribution in [0.3, 0.4) is 0 Å². The van der Waals surface area contributed by atoms with Gasteiger partial charge >= 0.3 is 0 Å². The Morgan fingerprint density at radius 1 is 1.03 bits per heavy atom. The highest BCUT2D eigenvalue weighted by molar-refractivity contribution is 5.94. The molecule has 10 heteroatoms. The molecule has 8 rings (SSSR count). The number of hydrogen-bond acceptors (Lipinski definition) is 6. The van der Waals surface area contributed by atoms with Crippen molar-refractivity contribution in [1.29, 1.82) is 0 Å². The molecule has 8 bridgehead atoms. The maximum Gasteiger partial charge on any atom is 0.263 e. The number of hydrogen-bond donors (Lipinski definition) is 0. The molecule has 10 nitrogen and oxygen atoms in total. The number of amides is 2. The Hall–Kier alpha value is -3.95. The van der Waals surface area contributed by atoms with Crippen molar-refractivity contribution in [2.24, 2.45) is 0 Å². The molecule has 0 aliphatic carbocycles. The lowest BCUT2D eigenvalue weighted by molar-refractivity contribution is -0.132. The number of nitrogens with zero attached hydrogens (tertiary/aromatic N) is 6. The summed E-state index contributed by atoms with van der Waals surface area (Å²) in [5.74, 6) is 0.412. The van der Waals surface area contributed by atoms with Crippen LogP contribution in [0.1, 0.15) is 28.5 Å². The molecule has 1 atom stereocenters. The van der Waals surface area contributed by atoms with Gasteiger partial charge in [0.1, 0.15) is 23.6 Å². The third kappa shape index (κ3) is 4.43. The van der Waals surface area contributed by atoms with E-state index in [0.29, 0.717) is 44.2 Å². The predicted octanol–water partition coefficient (Wildman–Crippen LogP) is 0.796. The fourth-order valence-electron chi connectivity index (χ4n) is 4.41. The van der Waals surface area contributed by atoms with Crippen LogP contribution in [0.2, 0.25) is 0 Å². The first-order valence-corrected chi connectivity index (χ1v) is 11.4. The second kappa shape index (κ2) is 9.12. The van der Waals surface area contributed by atoms with Gasteiger partial charge in [-0.15, -0.1) is 5.10 Å². The molecular formula is C24H26N6O4. The zero-order valence-electron chi connectivity index (χ0n) is 19.0. The second-order valence-electron chi connectivity index (χ2n) is 8.68. The summed E-state index contributed by atoms with van der Waals surface area (Å²) in [6.07, 6.45) is 3.69. The number of rotatable bonds is 0. The van der Waals surface area contributed by atoms with E-state index < -0.39 is 0 Å². The Kier molecular flexibility index (Phi) is 5.87. The first-order chi connectivity index (χ1) is 16.5. The van der Waals surface area contributed by atoms with Crippen molar-refractivity contribution < 1.29 is 14.3 Å². The highest BCUT2D eigenvalue weighted by Gasteiger charge is 2.31. The van der Waals surface area contributed by atoms with Gasteiger partial charge in [-0.05, 0) is 36.8 Å². The fraction of sp³-hybridized carbons (Fsp3) is 0.375. The van der Waals surface area contributed by atoms with Gasteiger partial charge in [-0.3, -0.25) is 14.4 Å². The van der Waals surface area contributed by atoms with Gasteiger partial charge in [0, 0.05) is 31.9 Å². The molecule has 2 amide bonds. The van der Waals surface area contributed by atoms with Crippen LogP contribution >= 0.6 is 0 Å². The maximum atomic E-state index is 13.3. The molecule has 1 aromatic carbocycles. The van der Waals surface area contributed by atoms with Gasteiger partial charge in [-0.2, -0.15) is 0 Å². The summed E-state index contributed by atoms with van der Waals surface area (Å²) >= 11 is 0. The van der Waals surface area contributed by atoms with Crippen molar-refractivity contribution in [2.45, 2.75) is 32.5 Å². The lowest BCUT2D eigenvalue weighted by atomic mass is 10.1. The zero-order chi connectivity index (χ0) is 23.7. The molecule has 1 unspecified atom stereocenters. The zero-order valence-corrected chi connectivity index (χ0v) is 19.0. The largest absolute Gasteiger partial charge is 0.492 e. The van der Waals surface area contributed by atoms with E-state index in [0.717, 1.165) is 5.56 Å². The molecule has 34 heavy (non-hydrogen) atoms. The SMILES string of the molecule is CC1CN2CCN1C(=O)c1cccn(c1=O)Cc1cn(nn1)CCOc1ccc(cc1)CC2=O. The molecule has 7 heterocycles. The fourth-order valence-corrected chi connectivity index (χ4v) is 4.41. The van der Waals surface area contributed by atoms with E-state index >= 15 is 0 Å². The van der Waals surface area contributed by atoms with Gasteiger partial charge in [0.25, 0.3) is 11.5 Å². The van der Waals surface area contributed by atoms with Gasteiger partial charge in [0.05, 0.1) is 25.7 Å². The molecule has 0 saturated carbocycles. The van der Waals surface area contributed by atoms with Crippen LogP contribution in [-0.4, -0.2) is 73.5 Å². The summed E-state index contributed by atoms with van der Waals surface area (Å²) in [4.78, 5) is 42.7. The summed E-state index contributed by atoms with van der Waals surface area (Å²) in [6.45, 7) is 4.23. The topological polar surface area (TPSA) is 103 Å². The first kappa shape index (κ1) is 21.9. The van der Waals surface area contributed by atoms with Crippen LogP contribution in [0.15, 0.2) is 53.6 Å². The lowest BCUT2D eigenvalue weighted by Crippen LogP contribution is -2.56. The minimum Gasteiger partial charge on any atom is -0.492 e. The van der Waals surface area contributed by atoms with E-state index in [1.807, 2.05) is 31.2 Å². The van der Waals surface area contributed by atoms with Crippen molar-refractivity contribution >= 4 is 11.8 Å². The number of carbonyl (C=O) groups is 2. The highest BCUT2D eigenvalue weighted by Crippen LogP contribution is 2.17. The standard InChI is InChI=1S/C24H26N6O4/c1-17-14-27-9-10-30(17)24(33)21-3-2-8-28(23(21)32)15-19-16-29(26-25-19)11-12-34-20-6-4-18(5-7-20)13-22(27)31/h2-8,16-17H,9-15H2,1H3. The molecular weight excluding hydrogens is 436 g/mol. The molecule has 1 fully saturated rings. The van der Waals surface area contributed by atoms with Gasteiger partial charge < -0.3 is 19.1 Å². The Bertz CT molecular complexity index is 1260. The predicted molar refractivity (Wildman–Crippen MR) is 123 cm³/mol. The second-order valence-corrected chi connectivity index (χ2v) is 8.68. The molecule has 0 radical (unpaired) electrons. The lowest BCUT2D eigenvalue weighted by Gasteiger charge is -2.40. The summed E-state index contributed by atoms with van der Waals surface area (Å²) < 4.78 is 8.92. The monoisotopic (exact) mass is 462 g/mol. The van der Waals surface area contributed by atoms with E-state index in [-0.39, 0.29) is 41.9 Å². The Morgan fingerprint density at radius 2 is 1.85 bits per heavy atom. The number of aromatic nitrogens is 4. The first-order valence-electron chi connectivity index (χ1n) is 11.4. The van der Waals surface area contributed by atoms with E-state index in [2.05, 4.69) is 10.3 Å². The van der Waals surface area contributed by atoms with Gasteiger partial charge in [-0.1, -0.05) is 17.3 Å². The van der Waals surface area contributed by atoms with E-state index in [4.69, 9.17) is 4.74 Å². The number of benzene rings is 1. The summed E-state index contributed by atoms with van der Waals surface area (Å²) in [6, 6.07) is 10.5. The van der Waals surface area contributed by atoms with Crippen molar-refractivity contribution in [2.75, 3.05) is 26.2 Å². The normalized spacial score (nSPS) is 19.1. The molecule has 0 N–H and O–H groups in total. The number of pyridine rings is 1. The third-order valence-corrected chi connectivity index (χ3v) is 6.28. The van der Waals surface area contributed by atoms with Crippen LogP contribution in [-0.2, 0) is 24.3 Å². The van der Waals surface area contributed by atoms with Gasteiger partial charge in [0.15, 0.2) is 0 Å². The van der Waals surface area contributed by atoms with Crippen LogP contribution in [0.25, 0.3) is 0 Å². The average molecular weight is 463 g/mol. The molecule has 5 aliphatic rings. The Labute approximate surface area is 196 Å². The minimum absolute atomic E-state index is 0.0160. The molecule has 0 spiro atoms. The molecule has 176 valence electrons. The number of carbonyl (C=O) groups excluding carboxylic acids is 2. The highest BCUT2D eigenvalue weighted by atomic mass is 16.5. The number of ether oxygens (including phenoxy) is 1. The average Bonchev–Trinajstić information content (AvgIpc) is 3.27. The van der Waals surface area contributed by atoms with Gasteiger partial charge in [0.2, 0.25) is 5.91 Å². The minimum atomic E-state index is -0.372. The van der Waals surface area contributed by atoms with Gasteiger partial charge in [-0.25, -0.2) is 4.68 Å². The maximum absolute atomic E-state index is 13.3. The molecule has 5 aliphatic heterocycles. The van der Waals surface area contributed by atoms with Crippen LogP contribution in [0.5, 0.6) is 5.75 Å². The summed E-state index contributed by atoms with van der Waals surface area (Å²) in [5.41, 5.74) is 1.26. The van der Waals surface area contributed by atoms with Crippen molar-refractivity contribution in [3.63, 3.8) is 0 Å². The smallest absolute Gasteiger partial charge is 0.263 e. The van der Waals surface area contributed by atoms with Crippen molar-refractivity contribution in [1.82, 2.24) is 29.4 Å². The van der Waals surface area contributed by atoms with Crippen molar-refractivity contribution in [3.8, 4) is 5.75 Å². The van der Waals surface area contributed by atoms with Crippen LogP contribution in [0, 0.1) is 0 Å². The third-order valence-electron chi connectivity index (χ3n) is 6.28. The van der Waals surface area contributed by atoms with Crippen LogP contribution in [0.4, 0.5) is 0 Å². The Balaban J connectivity index is 1.46. The molecule has 2 aromatic heterocycles. The van der Waals surface area contributed by atoms with Crippen molar-refractivity contribution in [3.05, 3.63) is 76.0 Å². The van der Waals surface area contributed by atoms with E-state index in [9.17, 15) is 14.4 Å². The summed E-state index contributed by atoms with van der Waals surface area (Å²) in [5, 5.41) is 8.26.